The Morgan fingerprint density at radius 1 is 1.35 bits per heavy atom. The maximum atomic E-state index is 12.9. The number of carbonyl (C=O) groups excluding carboxylic acids is 1. The summed E-state index contributed by atoms with van der Waals surface area (Å²) in [6, 6.07) is -0.874. The van der Waals surface area contributed by atoms with E-state index in [-0.39, 0.29) is 18.9 Å². The normalized spacial score (nSPS) is 29.4. The SMILES string of the molecule is CCCC1(C(=O)N2C[C@@H](O)C[C@H]2C(=O)O)CCNCC1. The average molecular weight is 284 g/mol. The summed E-state index contributed by atoms with van der Waals surface area (Å²) < 4.78 is 0. The van der Waals surface area contributed by atoms with Crippen LogP contribution in [0.15, 0.2) is 0 Å². The number of carboxylic acid groups (broad SMARTS) is 1. The second-order valence-electron chi connectivity index (χ2n) is 5.98. The zero-order valence-electron chi connectivity index (χ0n) is 12.0. The first-order chi connectivity index (χ1) is 9.50. The quantitative estimate of drug-likeness (QED) is 0.686. The molecule has 6 nitrogen and oxygen atoms in total. The Labute approximate surface area is 119 Å². The summed E-state index contributed by atoms with van der Waals surface area (Å²) in [5.41, 5.74) is -0.447. The van der Waals surface area contributed by atoms with Crippen LogP contribution in [0.1, 0.15) is 39.0 Å². The minimum atomic E-state index is -1.02. The molecule has 114 valence electrons. The molecule has 2 rings (SSSR count). The van der Waals surface area contributed by atoms with E-state index < -0.39 is 23.5 Å². The number of likely N-dealkylation sites (tertiary alicyclic amines) is 1. The van der Waals surface area contributed by atoms with Crippen molar-refractivity contribution in [3.05, 3.63) is 0 Å². The van der Waals surface area contributed by atoms with Gasteiger partial charge >= 0.3 is 5.97 Å². The number of hydrogen-bond donors (Lipinski definition) is 3. The fraction of sp³-hybridized carbons (Fsp3) is 0.857. The van der Waals surface area contributed by atoms with Crippen molar-refractivity contribution in [1.29, 1.82) is 0 Å². The van der Waals surface area contributed by atoms with Crippen molar-refractivity contribution in [1.82, 2.24) is 10.2 Å². The Hall–Kier alpha value is -1.14. The molecule has 0 aliphatic carbocycles. The summed E-state index contributed by atoms with van der Waals surface area (Å²) >= 11 is 0. The molecule has 2 aliphatic rings. The molecule has 20 heavy (non-hydrogen) atoms. The van der Waals surface area contributed by atoms with Crippen LogP contribution in [-0.2, 0) is 9.59 Å². The van der Waals surface area contributed by atoms with Crippen molar-refractivity contribution in [3.8, 4) is 0 Å². The van der Waals surface area contributed by atoms with Gasteiger partial charge in [-0.1, -0.05) is 13.3 Å². The highest BCUT2D eigenvalue weighted by Gasteiger charge is 2.47. The predicted molar refractivity (Wildman–Crippen MR) is 73.2 cm³/mol. The zero-order chi connectivity index (χ0) is 14.8. The lowest BCUT2D eigenvalue weighted by Gasteiger charge is -2.40. The third kappa shape index (κ3) is 2.81. The van der Waals surface area contributed by atoms with Gasteiger partial charge in [0.1, 0.15) is 6.04 Å². The van der Waals surface area contributed by atoms with Gasteiger partial charge in [0.2, 0.25) is 5.91 Å². The third-order valence-electron chi connectivity index (χ3n) is 4.57. The number of aliphatic hydroxyl groups is 1. The van der Waals surface area contributed by atoms with E-state index in [1.54, 1.807) is 0 Å². The molecule has 0 unspecified atom stereocenters. The van der Waals surface area contributed by atoms with Crippen molar-refractivity contribution >= 4 is 11.9 Å². The lowest BCUT2D eigenvalue weighted by atomic mass is 9.74. The zero-order valence-corrected chi connectivity index (χ0v) is 12.0. The molecule has 6 heteroatoms. The van der Waals surface area contributed by atoms with Crippen molar-refractivity contribution < 1.29 is 19.8 Å². The number of nitrogens with one attached hydrogen (secondary N) is 1. The number of β-amino-alcohol motifs (C(OH)–C–C–N with tert-alkyl or cyclic N) is 1. The van der Waals surface area contributed by atoms with Crippen molar-refractivity contribution in [2.75, 3.05) is 19.6 Å². The Bertz CT molecular complexity index is 374. The Kier molecular flexibility index (Phi) is 4.65. The highest BCUT2D eigenvalue weighted by atomic mass is 16.4. The summed E-state index contributed by atoms with van der Waals surface area (Å²) in [4.78, 5) is 25.6. The third-order valence-corrected chi connectivity index (χ3v) is 4.57. The monoisotopic (exact) mass is 284 g/mol. The topological polar surface area (TPSA) is 89.9 Å². The van der Waals surface area contributed by atoms with Gasteiger partial charge in [0, 0.05) is 13.0 Å². The molecule has 2 aliphatic heterocycles. The van der Waals surface area contributed by atoms with Crippen LogP contribution in [0.2, 0.25) is 0 Å². The summed E-state index contributed by atoms with van der Waals surface area (Å²) in [7, 11) is 0. The second-order valence-corrected chi connectivity index (χ2v) is 5.98. The van der Waals surface area contributed by atoms with Crippen molar-refractivity contribution in [2.45, 2.75) is 51.2 Å². The van der Waals surface area contributed by atoms with E-state index in [0.29, 0.717) is 0 Å². The molecule has 2 atom stereocenters. The molecule has 3 N–H and O–H groups in total. The van der Waals surface area contributed by atoms with E-state index in [1.165, 1.54) is 4.90 Å². The van der Waals surface area contributed by atoms with Crippen LogP contribution in [-0.4, -0.2) is 58.8 Å². The van der Waals surface area contributed by atoms with Crippen LogP contribution in [0.5, 0.6) is 0 Å². The first-order valence-electron chi connectivity index (χ1n) is 7.43. The summed E-state index contributed by atoms with van der Waals surface area (Å²) in [6.07, 6.45) is 2.60. The molecule has 1 amide bonds. The Morgan fingerprint density at radius 3 is 2.55 bits per heavy atom. The smallest absolute Gasteiger partial charge is 0.326 e. The highest BCUT2D eigenvalue weighted by Crippen LogP contribution is 2.38. The van der Waals surface area contributed by atoms with Crippen LogP contribution in [0.4, 0.5) is 0 Å². The van der Waals surface area contributed by atoms with Crippen LogP contribution >= 0.6 is 0 Å². The predicted octanol–water partition coefficient (Wildman–Crippen LogP) is 0.203. The summed E-state index contributed by atoms with van der Waals surface area (Å²) in [5.74, 6) is -1.10. The van der Waals surface area contributed by atoms with Crippen molar-refractivity contribution in [2.24, 2.45) is 5.41 Å². The summed E-state index contributed by atoms with van der Waals surface area (Å²) in [6.45, 7) is 3.78. The number of rotatable bonds is 4. The van der Waals surface area contributed by atoms with Gasteiger partial charge in [-0.2, -0.15) is 0 Å². The van der Waals surface area contributed by atoms with E-state index >= 15 is 0 Å². The van der Waals surface area contributed by atoms with E-state index in [0.717, 1.165) is 38.8 Å². The largest absolute Gasteiger partial charge is 0.480 e. The second kappa shape index (κ2) is 6.10. The van der Waals surface area contributed by atoms with Crippen LogP contribution in [0, 0.1) is 5.41 Å². The van der Waals surface area contributed by atoms with E-state index in [4.69, 9.17) is 0 Å². The molecule has 2 heterocycles. The van der Waals surface area contributed by atoms with Crippen LogP contribution < -0.4 is 5.32 Å². The number of carbonyl (C=O) groups is 2. The molecule has 0 aromatic rings. The van der Waals surface area contributed by atoms with Gasteiger partial charge in [-0.05, 0) is 32.4 Å². The highest BCUT2D eigenvalue weighted by molar-refractivity contribution is 5.88. The molecule has 0 saturated carbocycles. The fourth-order valence-corrected chi connectivity index (χ4v) is 3.53. The number of aliphatic carboxylic acids is 1. The minimum absolute atomic E-state index is 0.0789. The molecule has 2 fully saturated rings. The number of nitrogens with zero attached hydrogens (tertiary/aromatic N) is 1. The Morgan fingerprint density at radius 2 is 2.00 bits per heavy atom. The number of amides is 1. The standard InChI is InChI=1S/C14H24N2O4/c1-2-3-14(4-6-15-7-5-14)13(20)16-9-10(17)8-11(16)12(18)19/h10-11,15,17H,2-9H2,1H3,(H,18,19)/t10-,11-/m0/s1. The number of hydrogen-bond acceptors (Lipinski definition) is 4. The van der Waals surface area contributed by atoms with Crippen molar-refractivity contribution in [3.63, 3.8) is 0 Å². The number of carboxylic acids is 1. The van der Waals surface area contributed by atoms with Gasteiger partial charge in [-0.25, -0.2) is 4.79 Å². The van der Waals surface area contributed by atoms with E-state index in [1.807, 2.05) is 6.92 Å². The Balaban J connectivity index is 2.20. The van der Waals surface area contributed by atoms with Gasteiger partial charge in [0.15, 0.2) is 0 Å². The molecule has 0 aromatic carbocycles. The van der Waals surface area contributed by atoms with E-state index in [9.17, 15) is 19.8 Å². The number of piperidine rings is 1. The molecule has 0 aromatic heterocycles. The maximum Gasteiger partial charge on any atom is 0.326 e. The lowest BCUT2D eigenvalue weighted by Crippen LogP contribution is -2.52. The van der Waals surface area contributed by atoms with Gasteiger partial charge in [-0.15, -0.1) is 0 Å². The lowest BCUT2D eigenvalue weighted by molar-refractivity contribution is -0.154. The first kappa shape index (κ1) is 15.3. The molecular formula is C14H24N2O4. The fourth-order valence-electron chi connectivity index (χ4n) is 3.53. The minimum Gasteiger partial charge on any atom is -0.480 e. The summed E-state index contributed by atoms with van der Waals surface area (Å²) in [5, 5.41) is 22.2. The van der Waals surface area contributed by atoms with Gasteiger partial charge in [0.25, 0.3) is 0 Å². The van der Waals surface area contributed by atoms with E-state index in [2.05, 4.69) is 5.32 Å². The maximum absolute atomic E-state index is 12.9. The van der Waals surface area contributed by atoms with Crippen LogP contribution in [0.25, 0.3) is 0 Å². The molecule has 0 spiro atoms. The average Bonchev–Trinajstić information content (AvgIpc) is 2.81. The van der Waals surface area contributed by atoms with Gasteiger partial charge < -0.3 is 20.4 Å². The molecule has 0 bridgehead atoms. The van der Waals surface area contributed by atoms with Gasteiger partial charge in [-0.3, -0.25) is 4.79 Å². The molecule has 2 saturated heterocycles. The van der Waals surface area contributed by atoms with Gasteiger partial charge in [0.05, 0.1) is 11.5 Å². The molecule has 0 radical (unpaired) electrons. The van der Waals surface area contributed by atoms with Crippen LogP contribution in [0.3, 0.4) is 0 Å². The first-order valence-corrected chi connectivity index (χ1v) is 7.43. The number of aliphatic hydroxyl groups excluding tert-OH is 1. The molecular weight excluding hydrogens is 260 g/mol.